The van der Waals surface area contributed by atoms with E-state index < -0.39 is 8.32 Å². The van der Waals surface area contributed by atoms with Gasteiger partial charge >= 0.3 is 0 Å². The molecule has 3 nitrogen and oxygen atoms in total. The van der Waals surface area contributed by atoms with E-state index in [2.05, 4.69) is 33.9 Å². The number of ether oxygens (including phenoxy) is 1. The van der Waals surface area contributed by atoms with Crippen molar-refractivity contribution in [1.82, 2.24) is 0 Å². The highest BCUT2D eigenvalue weighted by Crippen LogP contribution is 2.44. The number of fused-ring (bicyclic) bond motifs is 1. The van der Waals surface area contributed by atoms with Crippen molar-refractivity contribution in [2.24, 2.45) is 17.8 Å². The standard InChI is InChI=1S/C15H30O3Si/c1-15(2,3)19(4,5)18-14-11(8-16)6-7-12-9-17-10-13(12)14/h11-14,16H,6-10H2,1-5H3/t11-,12+,13-,14?/m1/s1. The van der Waals surface area contributed by atoms with Crippen molar-refractivity contribution >= 4 is 8.32 Å². The topological polar surface area (TPSA) is 38.7 Å². The molecule has 1 N–H and O–H groups in total. The predicted molar refractivity (Wildman–Crippen MR) is 79.7 cm³/mol. The molecule has 1 saturated heterocycles. The Morgan fingerprint density at radius 3 is 2.47 bits per heavy atom. The molecule has 112 valence electrons. The lowest BCUT2D eigenvalue weighted by atomic mass is 9.74. The average Bonchev–Trinajstić information content (AvgIpc) is 2.76. The van der Waals surface area contributed by atoms with Crippen molar-refractivity contribution in [2.45, 2.75) is 57.8 Å². The lowest BCUT2D eigenvalue weighted by Gasteiger charge is -2.46. The van der Waals surface area contributed by atoms with Crippen LogP contribution in [0.15, 0.2) is 0 Å². The van der Waals surface area contributed by atoms with Gasteiger partial charge in [-0.2, -0.15) is 0 Å². The Labute approximate surface area is 118 Å². The minimum Gasteiger partial charge on any atom is -0.413 e. The van der Waals surface area contributed by atoms with Crippen molar-refractivity contribution in [2.75, 3.05) is 19.8 Å². The smallest absolute Gasteiger partial charge is 0.192 e. The Kier molecular flexibility index (Phi) is 4.46. The maximum atomic E-state index is 9.68. The molecule has 2 rings (SSSR count). The van der Waals surface area contributed by atoms with Crippen molar-refractivity contribution in [3.63, 3.8) is 0 Å². The average molecular weight is 286 g/mol. The van der Waals surface area contributed by atoms with Crippen LogP contribution in [0.4, 0.5) is 0 Å². The Hall–Kier alpha value is 0.0969. The second-order valence-corrected chi connectivity index (χ2v) is 12.6. The zero-order valence-corrected chi connectivity index (χ0v) is 14.1. The van der Waals surface area contributed by atoms with Crippen molar-refractivity contribution < 1.29 is 14.3 Å². The molecule has 1 unspecified atom stereocenters. The van der Waals surface area contributed by atoms with Crippen LogP contribution in [0.25, 0.3) is 0 Å². The zero-order valence-electron chi connectivity index (χ0n) is 13.1. The summed E-state index contributed by atoms with van der Waals surface area (Å²) in [5, 5.41) is 9.90. The third kappa shape index (κ3) is 3.07. The van der Waals surface area contributed by atoms with Gasteiger partial charge in [0.1, 0.15) is 0 Å². The maximum absolute atomic E-state index is 9.68. The van der Waals surface area contributed by atoms with Crippen LogP contribution in [0.5, 0.6) is 0 Å². The van der Waals surface area contributed by atoms with Gasteiger partial charge in [0.2, 0.25) is 0 Å². The predicted octanol–water partition coefficient (Wildman–Crippen LogP) is 3.04. The largest absolute Gasteiger partial charge is 0.413 e. The lowest BCUT2D eigenvalue weighted by molar-refractivity contribution is -0.0113. The van der Waals surface area contributed by atoms with Gasteiger partial charge in [0.05, 0.1) is 12.7 Å². The minimum absolute atomic E-state index is 0.201. The molecule has 4 heteroatoms. The van der Waals surface area contributed by atoms with Gasteiger partial charge in [0.25, 0.3) is 0 Å². The fourth-order valence-corrected chi connectivity index (χ4v) is 4.51. The van der Waals surface area contributed by atoms with Crippen LogP contribution in [0.3, 0.4) is 0 Å². The molecule has 0 spiro atoms. The molecule has 2 aliphatic rings. The summed E-state index contributed by atoms with van der Waals surface area (Å²) in [6, 6.07) is 0. The van der Waals surface area contributed by atoms with Crippen LogP contribution >= 0.6 is 0 Å². The Bertz CT molecular complexity index is 311. The third-order valence-electron chi connectivity index (χ3n) is 5.51. The molecule has 1 aliphatic heterocycles. The quantitative estimate of drug-likeness (QED) is 0.811. The molecule has 19 heavy (non-hydrogen) atoms. The monoisotopic (exact) mass is 286 g/mol. The van der Waals surface area contributed by atoms with Gasteiger partial charge < -0.3 is 14.3 Å². The molecule has 1 heterocycles. The van der Waals surface area contributed by atoms with Gasteiger partial charge in [0.15, 0.2) is 8.32 Å². The molecule has 0 radical (unpaired) electrons. The molecule has 0 aromatic carbocycles. The number of aliphatic hydroxyl groups excluding tert-OH is 1. The van der Waals surface area contributed by atoms with E-state index in [1.54, 1.807) is 0 Å². The van der Waals surface area contributed by atoms with E-state index in [4.69, 9.17) is 9.16 Å². The normalized spacial score (nSPS) is 36.3. The van der Waals surface area contributed by atoms with Crippen molar-refractivity contribution in [3.05, 3.63) is 0 Å². The highest BCUT2D eigenvalue weighted by Gasteiger charge is 2.47. The first-order valence-electron chi connectivity index (χ1n) is 7.62. The van der Waals surface area contributed by atoms with Crippen LogP contribution < -0.4 is 0 Å². The summed E-state index contributed by atoms with van der Waals surface area (Å²) in [5.41, 5.74) is 0. The van der Waals surface area contributed by atoms with E-state index >= 15 is 0 Å². The summed E-state index contributed by atoms with van der Waals surface area (Å²) in [7, 11) is -1.78. The highest BCUT2D eigenvalue weighted by atomic mass is 28.4. The third-order valence-corrected chi connectivity index (χ3v) is 9.99. The number of aliphatic hydroxyl groups is 1. The van der Waals surface area contributed by atoms with Crippen LogP contribution in [-0.2, 0) is 9.16 Å². The molecule has 0 bridgehead atoms. The molecule has 1 aliphatic carbocycles. The molecule has 0 aromatic heterocycles. The summed E-state index contributed by atoms with van der Waals surface area (Å²) in [4.78, 5) is 0. The Balaban J connectivity index is 2.14. The molecule has 1 saturated carbocycles. The van der Waals surface area contributed by atoms with Crippen LogP contribution in [-0.4, -0.2) is 39.3 Å². The SMILES string of the molecule is CC(C)(C)[Si](C)(C)OC1[C@@H](CO)CC[C@H]2COC[C@@H]12. The fraction of sp³-hybridized carbons (Fsp3) is 1.00. The fourth-order valence-electron chi connectivity index (χ4n) is 3.11. The van der Waals surface area contributed by atoms with Gasteiger partial charge in [0, 0.05) is 25.0 Å². The summed E-state index contributed by atoms with van der Waals surface area (Å²) >= 11 is 0. The minimum atomic E-state index is -1.78. The Morgan fingerprint density at radius 1 is 1.21 bits per heavy atom. The molecular formula is C15H30O3Si. The van der Waals surface area contributed by atoms with E-state index in [-0.39, 0.29) is 17.7 Å². The molecule has 0 aromatic rings. The van der Waals surface area contributed by atoms with Crippen molar-refractivity contribution in [3.8, 4) is 0 Å². The first-order valence-corrected chi connectivity index (χ1v) is 10.5. The van der Waals surface area contributed by atoms with Gasteiger partial charge in [-0.25, -0.2) is 0 Å². The summed E-state index contributed by atoms with van der Waals surface area (Å²) < 4.78 is 12.3. The maximum Gasteiger partial charge on any atom is 0.192 e. The molecular weight excluding hydrogens is 256 g/mol. The molecule has 4 atom stereocenters. The second kappa shape index (κ2) is 5.47. The zero-order chi connectivity index (χ0) is 14.3. The van der Waals surface area contributed by atoms with E-state index in [0.29, 0.717) is 17.8 Å². The van der Waals surface area contributed by atoms with E-state index in [1.807, 2.05) is 0 Å². The van der Waals surface area contributed by atoms with E-state index in [1.165, 1.54) is 6.42 Å². The number of hydrogen-bond donors (Lipinski definition) is 1. The first kappa shape index (κ1) is 15.5. The van der Waals surface area contributed by atoms with Gasteiger partial charge in [-0.3, -0.25) is 0 Å². The molecule has 2 fully saturated rings. The van der Waals surface area contributed by atoms with Gasteiger partial charge in [-0.1, -0.05) is 20.8 Å². The van der Waals surface area contributed by atoms with E-state index in [0.717, 1.165) is 19.6 Å². The Morgan fingerprint density at radius 2 is 1.89 bits per heavy atom. The summed E-state index contributed by atoms with van der Waals surface area (Å²) in [5.74, 6) is 1.45. The summed E-state index contributed by atoms with van der Waals surface area (Å²) in [6.07, 6.45) is 2.47. The van der Waals surface area contributed by atoms with Crippen LogP contribution in [0, 0.1) is 17.8 Å². The van der Waals surface area contributed by atoms with Crippen LogP contribution in [0.2, 0.25) is 18.1 Å². The number of hydrogen-bond acceptors (Lipinski definition) is 3. The first-order chi connectivity index (χ1) is 8.76. The van der Waals surface area contributed by atoms with Crippen molar-refractivity contribution in [1.29, 1.82) is 0 Å². The highest BCUT2D eigenvalue weighted by molar-refractivity contribution is 6.74. The van der Waals surface area contributed by atoms with Crippen LogP contribution in [0.1, 0.15) is 33.6 Å². The van der Waals surface area contributed by atoms with Gasteiger partial charge in [-0.15, -0.1) is 0 Å². The number of rotatable bonds is 3. The summed E-state index contributed by atoms with van der Waals surface area (Å²) in [6.45, 7) is 13.4. The molecule has 0 amide bonds. The van der Waals surface area contributed by atoms with E-state index in [9.17, 15) is 5.11 Å². The second-order valence-electron chi connectivity index (χ2n) is 7.82. The lowest BCUT2D eigenvalue weighted by Crippen LogP contribution is -2.51. The van der Waals surface area contributed by atoms with Gasteiger partial charge in [-0.05, 0) is 36.9 Å².